The summed E-state index contributed by atoms with van der Waals surface area (Å²) in [6, 6.07) is 0. The molecule has 0 bridgehead atoms. The number of hydrogen-bond donors (Lipinski definition) is 0. The normalized spacial score (nSPS) is 39.5. The predicted molar refractivity (Wildman–Crippen MR) is 33.3 cm³/mol. The second-order valence-corrected chi connectivity index (χ2v) is 4.22. The van der Waals surface area contributed by atoms with E-state index in [-0.39, 0.29) is 6.61 Å². The molecule has 1 saturated heterocycles. The van der Waals surface area contributed by atoms with Crippen molar-refractivity contribution in [3.8, 4) is 0 Å². The Morgan fingerprint density at radius 2 is 2.20 bits per heavy atom. The van der Waals surface area contributed by atoms with Crippen LogP contribution in [0.4, 0.5) is 0 Å². The van der Waals surface area contributed by atoms with Crippen LogP contribution in [0.5, 0.6) is 0 Å². The summed E-state index contributed by atoms with van der Waals surface area (Å²) < 4.78 is 19.7. The molecule has 5 heteroatoms. The molecule has 0 aromatic carbocycles. The summed E-state index contributed by atoms with van der Waals surface area (Å²) in [5.41, 5.74) is -0.588. The molecule has 0 aliphatic carbocycles. The van der Waals surface area contributed by atoms with Gasteiger partial charge in [0.05, 0.1) is 12.2 Å². The fourth-order valence-corrected chi connectivity index (χ4v) is 1.84. The van der Waals surface area contributed by atoms with Gasteiger partial charge in [-0.3, -0.25) is 4.57 Å². The summed E-state index contributed by atoms with van der Waals surface area (Å²) in [7, 11) is -3.96. The maximum Gasteiger partial charge on any atom is 0.268 e. The molecule has 1 aliphatic rings. The van der Waals surface area contributed by atoms with Crippen molar-refractivity contribution in [2.45, 2.75) is 25.9 Å². The van der Waals surface area contributed by atoms with E-state index in [0.717, 1.165) is 0 Å². The van der Waals surface area contributed by atoms with Crippen LogP contribution >= 0.6 is 7.82 Å². The Kier molecular flexibility index (Phi) is 1.90. The molecule has 0 amide bonds. The molecule has 10 heavy (non-hydrogen) atoms. The zero-order chi connectivity index (χ0) is 7.83. The fourth-order valence-electron chi connectivity index (χ4n) is 0.778. The molecule has 1 heterocycles. The second-order valence-electron chi connectivity index (χ2n) is 2.88. The Morgan fingerprint density at radius 3 is 2.50 bits per heavy atom. The van der Waals surface area contributed by atoms with Gasteiger partial charge in [0, 0.05) is 6.42 Å². The van der Waals surface area contributed by atoms with Crippen LogP contribution in [0.1, 0.15) is 20.3 Å². The average molecular weight is 165 g/mol. The van der Waals surface area contributed by atoms with E-state index >= 15 is 0 Å². The van der Waals surface area contributed by atoms with Crippen LogP contribution in [0, 0.1) is 0 Å². The minimum Gasteiger partial charge on any atom is -0.756 e. The Hall–Kier alpha value is 0.110. The molecule has 1 aliphatic heterocycles. The molecule has 1 atom stereocenters. The molecule has 0 radical (unpaired) electrons. The van der Waals surface area contributed by atoms with Gasteiger partial charge in [-0.15, -0.1) is 0 Å². The van der Waals surface area contributed by atoms with Crippen LogP contribution in [0.15, 0.2) is 0 Å². The first-order valence-corrected chi connectivity index (χ1v) is 4.54. The Bertz CT molecular complexity index is 176. The van der Waals surface area contributed by atoms with Crippen molar-refractivity contribution in [1.29, 1.82) is 0 Å². The van der Waals surface area contributed by atoms with Crippen molar-refractivity contribution < 1.29 is 18.5 Å². The van der Waals surface area contributed by atoms with Gasteiger partial charge in [0.25, 0.3) is 7.82 Å². The smallest absolute Gasteiger partial charge is 0.268 e. The largest absolute Gasteiger partial charge is 0.756 e. The van der Waals surface area contributed by atoms with E-state index in [9.17, 15) is 9.46 Å². The van der Waals surface area contributed by atoms with E-state index in [2.05, 4.69) is 9.05 Å². The highest BCUT2D eigenvalue weighted by molar-refractivity contribution is 7.46. The Balaban J connectivity index is 2.66. The van der Waals surface area contributed by atoms with E-state index in [1.807, 2.05) is 0 Å². The lowest BCUT2D eigenvalue weighted by atomic mass is 10.1. The molecule has 0 saturated carbocycles. The number of rotatable bonds is 0. The number of hydrogen-bond acceptors (Lipinski definition) is 4. The van der Waals surface area contributed by atoms with Crippen molar-refractivity contribution in [2.24, 2.45) is 0 Å². The summed E-state index contributed by atoms with van der Waals surface area (Å²) in [5.74, 6) is 0. The number of phosphoric ester groups is 1. The standard InChI is InChI=1S/C5H11O4P/c1-5(2)3-4-8-10(6,7)9-5/h3-4H2,1-2H3,(H,6,7)/p-1. The lowest BCUT2D eigenvalue weighted by Crippen LogP contribution is -2.32. The van der Waals surface area contributed by atoms with Crippen LogP contribution in [-0.4, -0.2) is 12.2 Å². The summed E-state index contributed by atoms with van der Waals surface area (Å²) >= 11 is 0. The molecule has 1 fully saturated rings. The lowest BCUT2D eigenvalue weighted by molar-refractivity contribution is -0.244. The summed E-state index contributed by atoms with van der Waals surface area (Å²) in [5, 5.41) is 0. The maximum atomic E-state index is 10.6. The summed E-state index contributed by atoms with van der Waals surface area (Å²) in [4.78, 5) is 10.6. The molecule has 1 unspecified atom stereocenters. The average Bonchev–Trinajstić information content (AvgIpc) is 1.56. The highest BCUT2D eigenvalue weighted by Crippen LogP contribution is 2.47. The van der Waals surface area contributed by atoms with E-state index in [1.54, 1.807) is 13.8 Å². The minimum absolute atomic E-state index is 0.230. The van der Waals surface area contributed by atoms with Crippen molar-refractivity contribution >= 4 is 7.82 Å². The molecule has 0 spiro atoms. The molecule has 60 valence electrons. The van der Waals surface area contributed by atoms with E-state index < -0.39 is 13.4 Å². The lowest BCUT2D eigenvalue weighted by Gasteiger charge is -2.37. The van der Waals surface area contributed by atoms with Crippen LogP contribution in [-0.2, 0) is 13.6 Å². The molecule has 0 aromatic rings. The molecular formula is C5H10O4P-. The third-order valence-electron chi connectivity index (χ3n) is 1.31. The zero-order valence-electron chi connectivity index (χ0n) is 5.99. The highest BCUT2D eigenvalue weighted by atomic mass is 31.2. The monoisotopic (exact) mass is 165 g/mol. The van der Waals surface area contributed by atoms with Crippen LogP contribution in [0.25, 0.3) is 0 Å². The van der Waals surface area contributed by atoms with Crippen LogP contribution < -0.4 is 4.89 Å². The summed E-state index contributed by atoms with van der Waals surface area (Å²) in [6.07, 6.45) is 0.610. The SMILES string of the molecule is CC1(C)CCOP(=O)([O-])O1. The first-order valence-electron chi connectivity index (χ1n) is 3.08. The maximum absolute atomic E-state index is 10.6. The van der Waals surface area contributed by atoms with Crippen molar-refractivity contribution in [1.82, 2.24) is 0 Å². The van der Waals surface area contributed by atoms with Gasteiger partial charge in [0.15, 0.2) is 0 Å². The van der Waals surface area contributed by atoms with E-state index in [4.69, 9.17) is 0 Å². The van der Waals surface area contributed by atoms with Gasteiger partial charge in [-0.1, -0.05) is 0 Å². The topological polar surface area (TPSA) is 58.6 Å². The second kappa shape index (κ2) is 2.31. The van der Waals surface area contributed by atoms with Crippen molar-refractivity contribution in [3.63, 3.8) is 0 Å². The highest BCUT2D eigenvalue weighted by Gasteiger charge is 2.30. The quantitative estimate of drug-likeness (QED) is 0.495. The molecule has 0 N–H and O–H groups in total. The molecular weight excluding hydrogens is 155 g/mol. The van der Waals surface area contributed by atoms with Gasteiger partial charge in [0.1, 0.15) is 0 Å². The molecule has 0 aromatic heterocycles. The molecule has 1 rings (SSSR count). The first-order chi connectivity index (χ1) is 4.41. The van der Waals surface area contributed by atoms with Gasteiger partial charge in [-0.25, -0.2) is 0 Å². The first kappa shape index (κ1) is 8.21. The summed E-state index contributed by atoms with van der Waals surface area (Å²) in [6.45, 7) is 3.67. The van der Waals surface area contributed by atoms with Gasteiger partial charge in [0.2, 0.25) is 0 Å². The minimum atomic E-state index is -3.96. The van der Waals surface area contributed by atoms with Crippen molar-refractivity contribution in [2.75, 3.05) is 6.61 Å². The Morgan fingerprint density at radius 1 is 1.60 bits per heavy atom. The zero-order valence-corrected chi connectivity index (χ0v) is 6.89. The van der Waals surface area contributed by atoms with Crippen LogP contribution in [0.3, 0.4) is 0 Å². The Labute approximate surface area is 59.8 Å². The van der Waals surface area contributed by atoms with Gasteiger partial charge in [-0.2, -0.15) is 0 Å². The van der Waals surface area contributed by atoms with Crippen molar-refractivity contribution in [3.05, 3.63) is 0 Å². The number of phosphoric acid groups is 1. The van der Waals surface area contributed by atoms with Crippen LogP contribution in [0.2, 0.25) is 0 Å². The third-order valence-corrected chi connectivity index (χ3v) is 2.53. The fraction of sp³-hybridized carbons (Fsp3) is 1.00. The predicted octanol–water partition coefficient (Wildman–Crippen LogP) is 0.670. The third kappa shape index (κ3) is 2.06. The van der Waals surface area contributed by atoms with E-state index in [1.165, 1.54) is 0 Å². The van der Waals surface area contributed by atoms with E-state index in [0.29, 0.717) is 6.42 Å². The van der Waals surface area contributed by atoms with Gasteiger partial charge in [-0.05, 0) is 13.8 Å². The van der Waals surface area contributed by atoms with Gasteiger partial charge >= 0.3 is 0 Å². The van der Waals surface area contributed by atoms with Gasteiger partial charge < -0.3 is 13.9 Å². The molecule has 4 nitrogen and oxygen atoms in total.